The van der Waals surface area contributed by atoms with Gasteiger partial charge in [-0.05, 0) is 12.8 Å². The molecule has 0 aromatic carbocycles. The van der Waals surface area contributed by atoms with Gasteiger partial charge in [-0.2, -0.15) is 11.8 Å². The Morgan fingerprint density at radius 3 is 2.81 bits per heavy atom. The fraction of sp³-hybridized carbons (Fsp3) is 0.857. The molecule has 0 aromatic heterocycles. The molecular weight excluding hydrogens is 401 g/mol. The lowest BCUT2D eigenvalue weighted by Crippen LogP contribution is -2.49. The number of nitrogens with zero attached hydrogens (tertiary/aromatic N) is 2. The van der Waals surface area contributed by atoms with Crippen LogP contribution in [0.3, 0.4) is 0 Å². The van der Waals surface area contributed by atoms with E-state index in [4.69, 9.17) is 0 Å². The van der Waals surface area contributed by atoms with Gasteiger partial charge in [0.15, 0.2) is 5.96 Å². The molecule has 1 fully saturated rings. The van der Waals surface area contributed by atoms with Crippen LogP contribution in [0.4, 0.5) is 0 Å². The Morgan fingerprint density at radius 2 is 2.24 bits per heavy atom. The van der Waals surface area contributed by atoms with Crippen molar-refractivity contribution in [1.82, 2.24) is 10.2 Å². The molecule has 5 nitrogen and oxygen atoms in total. The molecule has 0 saturated carbocycles. The maximum atomic E-state index is 11.1. The lowest BCUT2D eigenvalue weighted by Gasteiger charge is -2.36. The third-order valence-corrected chi connectivity index (χ3v) is 4.82. The van der Waals surface area contributed by atoms with Gasteiger partial charge in [-0.1, -0.05) is 13.8 Å². The van der Waals surface area contributed by atoms with E-state index >= 15 is 0 Å². The molecule has 0 amide bonds. The van der Waals surface area contributed by atoms with Crippen molar-refractivity contribution in [2.24, 2.45) is 10.9 Å². The first-order valence-corrected chi connectivity index (χ1v) is 8.35. The molecule has 7 heteroatoms. The Kier molecular flexibility index (Phi) is 11.3. The lowest BCUT2D eigenvalue weighted by atomic mass is 10.1. The maximum Gasteiger partial charge on any atom is 0.307 e. The van der Waals surface area contributed by atoms with Gasteiger partial charge >= 0.3 is 5.97 Å². The van der Waals surface area contributed by atoms with Crippen molar-refractivity contribution in [1.29, 1.82) is 0 Å². The molecule has 1 atom stereocenters. The Morgan fingerprint density at radius 1 is 1.52 bits per heavy atom. The number of carbonyl (C=O) groups is 1. The van der Waals surface area contributed by atoms with Gasteiger partial charge in [0, 0.05) is 30.6 Å². The van der Waals surface area contributed by atoms with Crippen molar-refractivity contribution in [2.75, 3.05) is 39.0 Å². The minimum absolute atomic E-state index is 0. The van der Waals surface area contributed by atoms with Crippen molar-refractivity contribution in [3.05, 3.63) is 0 Å². The molecule has 0 bridgehead atoms. The second-order valence-corrected chi connectivity index (χ2v) is 6.51. The summed E-state index contributed by atoms with van der Waals surface area (Å²) < 4.78 is 4.64. The van der Waals surface area contributed by atoms with Crippen LogP contribution in [0.2, 0.25) is 0 Å². The predicted molar refractivity (Wildman–Crippen MR) is 101 cm³/mol. The van der Waals surface area contributed by atoms with E-state index < -0.39 is 0 Å². The number of halogens is 1. The minimum atomic E-state index is -0.209. The predicted octanol–water partition coefficient (Wildman–Crippen LogP) is 2.21. The number of thioether (sulfide) groups is 1. The number of methoxy groups -OCH3 is 1. The molecule has 1 saturated heterocycles. The summed E-state index contributed by atoms with van der Waals surface area (Å²) in [5, 5.41) is 3.96. The highest BCUT2D eigenvalue weighted by Crippen LogP contribution is 2.24. The average Bonchev–Trinajstić information content (AvgIpc) is 2.46. The van der Waals surface area contributed by atoms with Crippen LogP contribution >= 0.6 is 35.7 Å². The summed E-state index contributed by atoms with van der Waals surface area (Å²) in [7, 11) is 1.41. The third kappa shape index (κ3) is 7.58. The van der Waals surface area contributed by atoms with Gasteiger partial charge in [0.2, 0.25) is 0 Å². The molecule has 21 heavy (non-hydrogen) atoms. The van der Waals surface area contributed by atoms with E-state index in [9.17, 15) is 4.79 Å². The number of rotatable bonds is 5. The van der Waals surface area contributed by atoms with E-state index in [0.717, 1.165) is 31.3 Å². The fourth-order valence-electron chi connectivity index (χ4n) is 2.05. The quantitative estimate of drug-likeness (QED) is 0.314. The smallest absolute Gasteiger partial charge is 0.307 e. The Bertz CT molecular complexity index is 340. The molecule has 0 radical (unpaired) electrons. The topological polar surface area (TPSA) is 53.9 Å². The van der Waals surface area contributed by atoms with E-state index in [0.29, 0.717) is 24.1 Å². The van der Waals surface area contributed by atoms with Gasteiger partial charge in [0.1, 0.15) is 0 Å². The van der Waals surface area contributed by atoms with Crippen molar-refractivity contribution in [3.63, 3.8) is 0 Å². The number of ether oxygens (including phenoxy) is 1. The van der Waals surface area contributed by atoms with Crippen LogP contribution in [0, 0.1) is 5.92 Å². The van der Waals surface area contributed by atoms with Crippen LogP contribution in [0.15, 0.2) is 4.99 Å². The summed E-state index contributed by atoms with van der Waals surface area (Å²) in [5.41, 5.74) is 0. The zero-order valence-corrected chi connectivity index (χ0v) is 16.6. The highest BCUT2D eigenvalue weighted by atomic mass is 127. The van der Waals surface area contributed by atoms with E-state index in [-0.39, 0.29) is 29.9 Å². The zero-order valence-electron chi connectivity index (χ0n) is 13.4. The van der Waals surface area contributed by atoms with Gasteiger partial charge in [0.05, 0.1) is 20.1 Å². The number of hydrogen-bond acceptors (Lipinski definition) is 4. The minimum Gasteiger partial charge on any atom is -0.469 e. The molecule has 1 N–H and O–H groups in total. The highest BCUT2D eigenvalue weighted by molar-refractivity contribution is 14.0. The Hall–Kier alpha value is -0.180. The second kappa shape index (κ2) is 11.4. The first kappa shape index (κ1) is 20.8. The van der Waals surface area contributed by atoms with Crippen LogP contribution < -0.4 is 5.32 Å². The summed E-state index contributed by atoms with van der Waals surface area (Å²) in [4.78, 5) is 18.0. The molecule has 1 heterocycles. The molecule has 1 aliphatic rings. The van der Waals surface area contributed by atoms with Crippen LogP contribution in [0.25, 0.3) is 0 Å². The van der Waals surface area contributed by atoms with Gasteiger partial charge < -0.3 is 15.0 Å². The van der Waals surface area contributed by atoms with Crippen molar-refractivity contribution in [2.45, 2.75) is 32.4 Å². The standard InChI is InChI=1S/C14H27N3O2S.HI/c1-5-15-14(16-7-6-13(18)19-4)17-8-9-20-12(10-17)11(2)3;/h11-12H,5-10H2,1-4H3,(H,15,16);1H. The zero-order chi connectivity index (χ0) is 15.0. The third-order valence-electron chi connectivity index (χ3n) is 3.28. The summed E-state index contributed by atoms with van der Waals surface area (Å²) >= 11 is 2.04. The molecule has 1 unspecified atom stereocenters. The second-order valence-electron chi connectivity index (χ2n) is 5.16. The highest BCUT2D eigenvalue weighted by Gasteiger charge is 2.24. The Labute approximate surface area is 149 Å². The molecule has 1 rings (SSSR count). The number of aliphatic imine (C=N–C) groups is 1. The maximum absolute atomic E-state index is 11.1. The van der Waals surface area contributed by atoms with Gasteiger partial charge in [-0.15, -0.1) is 24.0 Å². The summed E-state index contributed by atoms with van der Waals surface area (Å²) in [5.74, 6) is 2.51. The summed E-state index contributed by atoms with van der Waals surface area (Å²) in [6, 6.07) is 0. The van der Waals surface area contributed by atoms with Gasteiger partial charge in [-0.3, -0.25) is 9.79 Å². The summed E-state index contributed by atoms with van der Waals surface area (Å²) in [6.07, 6.45) is 0.335. The van der Waals surface area contributed by atoms with E-state index in [1.54, 1.807) is 0 Å². The van der Waals surface area contributed by atoms with E-state index in [1.165, 1.54) is 7.11 Å². The van der Waals surface area contributed by atoms with Crippen molar-refractivity contribution in [3.8, 4) is 0 Å². The molecule has 1 aliphatic heterocycles. The molecule has 0 spiro atoms. The largest absolute Gasteiger partial charge is 0.469 e. The molecular formula is C14H28IN3O2S. The van der Waals surface area contributed by atoms with Gasteiger partial charge in [0.25, 0.3) is 0 Å². The fourth-order valence-corrected chi connectivity index (χ4v) is 3.35. The average molecular weight is 429 g/mol. The van der Waals surface area contributed by atoms with Gasteiger partial charge in [-0.25, -0.2) is 0 Å². The number of nitrogens with one attached hydrogen (secondary N) is 1. The first-order valence-electron chi connectivity index (χ1n) is 7.30. The number of esters is 1. The SMILES string of the molecule is CCNC(=NCCC(=O)OC)N1CCSC(C(C)C)C1.I. The van der Waals surface area contributed by atoms with Crippen LogP contribution in [-0.2, 0) is 9.53 Å². The number of hydrogen-bond donors (Lipinski definition) is 1. The van der Waals surface area contributed by atoms with E-state index in [2.05, 4.69) is 40.7 Å². The van der Waals surface area contributed by atoms with Crippen molar-refractivity contribution < 1.29 is 9.53 Å². The monoisotopic (exact) mass is 429 g/mol. The lowest BCUT2D eigenvalue weighted by molar-refractivity contribution is -0.140. The number of carbonyl (C=O) groups excluding carboxylic acids is 1. The molecule has 0 aliphatic carbocycles. The number of guanidine groups is 1. The van der Waals surface area contributed by atoms with Crippen LogP contribution in [0.5, 0.6) is 0 Å². The summed E-state index contributed by atoms with van der Waals surface area (Å²) in [6.45, 7) is 9.95. The van der Waals surface area contributed by atoms with Crippen molar-refractivity contribution >= 4 is 47.7 Å². The van der Waals surface area contributed by atoms with E-state index in [1.807, 2.05) is 11.8 Å². The van der Waals surface area contributed by atoms with Crippen LogP contribution in [0.1, 0.15) is 27.2 Å². The first-order chi connectivity index (χ1) is 9.58. The van der Waals surface area contributed by atoms with Crippen LogP contribution in [-0.4, -0.2) is 61.1 Å². The normalized spacial score (nSPS) is 19.2. The molecule has 0 aromatic rings. The molecule has 124 valence electrons. The Balaban J connectivity index is 0.00000400.